The van der Waals surface area contributed by atoms with Gasteiger partial charge in [-0.25, -0.2) is 0 Å². The van der Waals surface area contributed by atoms with E-state index in [4.69, 9.17) is 26.6 Å². The summed E-state index contributed by atoms with van der Waals surface area (Å²) in [6.07, 6.45) is 0. The van der Waals surface area contributed by atoms with Gasteiger partial charge in [-0.2, -0.15) is 0 Å². The van der Waals surface area contributed by atoms with Crippen molar-refractivity contribution in [2.45, 2.75) is 0 Å². The smallest absolute Gasteiger partial charge is 0.120 e. The topological polar surface area (TPSA) is 52.9 Å². The Labute approximate surface area is 106 Å². The molecule has 0 saturated carbocycles. The van der Waals surface area contributed by atoms with E-state index in [9.17, 15) is 0 Å². The highest BCUT2D eigenvalue weighted by Gasteiger charge is 2.03. The van der Waals surface area contributed by atoms with Crippen LogP contribution in [0.15, 0.2) is 24.3 Å². The van der Waals surface area contributed by atoms with Crippen molar-refractivity contribution in [1.29, 1.82) is 0 Å². The highest BCUT2D eigenvalue weighted by atomic mass is 35.5. The summed E-state index contributed by atoms with van der Waals surface area (Å²) in [5.74, 6) is 0.727. The van der Waals surface area contributed by atoms with E-state index < -0.39 is 0 Å². The first kappa shape index (κ1) is 14.3. The molecule has 96 valence electrons. The number of hydrogen-bond donors (Lipinski definition) is 2. The molecule has 0 saturated heterocycles. The molecule has 0 spiro atoms. The van der Waals surface area contributed by atoms with E-state index in [0.717, 1.165) is 5.75 Å². The lowest BCUT2D eigenvalue weighted by Gasteiger charge is -2.20. The zero-order chi connectivity index (χ0) is 12.5. The molecule has 0 aliphatic carbocycles. The van der Waals surface area contributed by atoms with Crippen molar-refractivity contribution >= 4 is 11.6 Å². The number of halogens is 1. The van der Waals surface area contributed by atoms with Crippen LogP contribution < -0.4 is 4.74 Å². The molecule has 0 aliphatic heterocycles. The molecule has 1 aromatic carbocycles. The molecular formula is C12H18ClNO3. The SMILES string of the molecule is OCCN(CCO)CCOc1cccc(Cl)c1. The third-order valence-electron chi connectivity index (χ3n) is 2.30. The van der Waals surface area contributed by atoms with Crippen LogP contribution >= 0.6 is 11.6 Å². The number of ether oxygens (including phenoxy) is 1. The fourth-order valence-corrected chi connectivity index (χ4v) is 1.65. The molecule has 17 heavy (non-hydrogen) atoms. The van der Waals surface area contributed by atoms with Crippen molar-refractivity contribution < 1.29 is 14.9 Å². The van der Waals surface area contributed by atoms with E-state index in [0.29, 0.717) is 31.3 Å². The second kappa shape index (κ2) is 8.31. The van der Waals surface area contributed by atoms with Gasteiger partial charge in [-0.15, -0.1) is 0 Å². The summed E-state index contributed by atoms with van der Waals surface area (Å²) >= 11 is 5.83. The minimum absolute atomic E-state index is 0.0805. The van der Waals surface area contributed by atoms with Crippen molar-refractivity contribution in [3.05, 3.63) is 29.3 Å². The van der Waals surface area contributed by atoms with Crippen LogP contribution in [0.4, 0.5) is 0 Å². The third-order valence-corrected chi connectivity index (χ3v) is 2.54. The number of rotatable bonds is 8. The summed E-state index contributed by atoms with van der Waals surface area (Å²) in [4.78, 5) is 1.94. The van der Waals surface area contributed by atoms with Crippen molar-refractivity contribution in [1.82, 2.24) is 4.90 Å². The Morgan fingerprint density at radius 3 is 2.41 bits per heavy atom. The van der Waals surface area contributed by atoms with Crippen LogP contribution in [0.25, 0.3) is 0 Å². The van der Waals surface area contributed by atoms with Gasteiger partial charge in [-0.3, -0.25) is 4.90 Å². The van der Waals surface area contributed by atoms with Crippen molar-refractivity contribution in [3.8, 4) is 5.75 Å². The van der Waals surface area contributed by atoms with Crippen molar-refractivity contribution in [2.75, 3.05) is 39.5 Å². The minimum Gasteiger partial charge on any atom is -0.492 e. The average molecular weight is 260 g/mol. The number of aliphatic hydroxyl groups is 2. The highest BCUT2D eigenvalue weighted by molar-refractivity contribution is 6.30. The van der Waals surface area contributed by atoms with E-state index in [1.807, 2.05) is 17.0 Å². The van der Waals surface area contributed by atoms with Gasteiger partial charge in [0.1, 0.15) is 12.4 Å². The van der Waals surface area contributed by atoms with E-state index in [1.54, 1.807) is 12.1 Å². The Morgan fingerprint density at radius 2 is 1.82 bits per heavy atom. The fraction of sp³-hybridized carbons (Fsp3) is 0.500. The molecule has 0 aliphatic rings. The molecule has 0 aromatic heterocycles. The first-order chi connectivity index (χ1) is 8.26. The molecule has 0 amide bonds. The van der Waals surface area contributed by atoms with Crippen LogP contribution in [-0.4, -0.2) is 54.6 Å². The molecule has 0 fully saturated rings. The monoisotopic (exact) mass is 259 g/mol. The molecule has 0 unspecified atom stereocenters. The second-order valence-electron chi connectivity index (χ2n) is 3.59. The van der Waals surface area contributed by atoms with Crippen molar-refractivity contribution in [2.24, 2.45) is 0 Å². The predicted octanol–water partition coefficient (Wildman–Crippen LogP) is 1.01. The highest BCUT2D eigenvalue weighted by Crippen LogP contribution is 2.16. The van der Waals surface area contributed by atoms with Crippen molar-refractivity contribution in [3.63, 3.8) is 0 Å². The Morgan fingerprint density at radius 1 is 1.12 bits per heavy atom. The number of aliphatic hydroxyl groups excluding tert-OH is 2. The summed E-state index contributed by atoms with van der Waals surface area (Å²) < 4.78 is 5.52. The van der Waals surface area contributed by atoms with Crippen LogP contribution in [0.3, 0.4) is 0 Å². The van der Waals surface area contributed by atoms with Gasteiger partial charge in [-0.05, 0) is 18.2 Å². The lowest BCUT2D eigenvalue weighted by molar-refractivity contribution is 0.141. The van der Waals surface area contributed by atoms with Gasteiger partial charge in [0.25, 0.3) is 0 Å². The third kappa shape index (κ3) is 5.89. The largest absolute Gasteiger partial charge is 0.492 e. The molecule has 0 atom stereocenters. The average Bonchev–Trinajstić information content (AvgIpc) is 2.30. The number of nitrogens with zero attached hydrogens (tertiary/aromatic N) is 1. The first-order valence-corrected chi connectivity index (χ1v) is 5.96. The molecule has 0 heterocycles. The maximum absolute atomic E-state index is 8.83. The molecule has 0 bridgehead atoms. The zero-order valence-electron chi connectivity index (χ0n) is 9.68. The lowest BCUT2D eigenvalue weighted by atomic mass is 10.3. The maximum atomic E-state index is 8.83. The minimum atomic E-state index is 0.0805. The van der Waals surface area contributed by atoms with Crippen LogP contribution in [-0.2, 0) is 0 Å². The van der Waals surface area contributed by atoms with E-state index >= 15 is 0 Å². The Balaban J connectivity index is 2.30. The van der Waals surface area contributed by atoms with Gasteiger partial charge in [0, 0.05) is 24.7 Å². The Bertz CT molecular complexity index is 316. The zero-order valence-corrected chi connectivity index (χ0v) is 10.4. The van der Waals surface area contributed by atoms with E-state index in [2.05, 4.69) is 0 Å². The molecular weight excluding hydrogens is 242 g/mol. The van der Waals surface area contributed by atoms with Gasteiger partial charge in [0.2, 0.25) is 0 Å². The maximum Gasteiger partial charge on any atom is 0.120 e. The van der Waals surface area contributed by atoms with Gasteiger partial charge in [0.15, 0.2) is 0 Å². The van der Waals surface area contributed by atoms with E-state index in [1.165, 1.54) is 0 Å². The fourth-order valence-electron chi connectivity index (χ4n) is 1.47. The molecule has 5 heteroatoms. The normalized spacial score (nSPS) is 10.8. The van der Waals surface area contributed by atoms with Crippen LogP contribution in [0.2, 0.25) is 5.02 Å². The summed E-state index contributed by atoms with van der Waals surface area (Å²) in [7, 11) is 0. The van der Waals surface area contributed by atoms with E-state index in [-0.39, 0.29) is 13.2 Å². The molecule has 1 aromatic rings. The summed E-state index contributed by atoms with van der Waals surface area (Å²) in [5, 5.41) is 18.3. The first-order valence-electron chi connectivity index (χ1n) is 5.58. The van der Waals surface area contributed by atoms with Gasteiger partial charge >= 0.3 is 0 Å². The Kier molecular flexibility index (Phi) is 6.96. The van der Waals surface area contributed by atoms with Gasteiger partial charge in [0.05, 0.1) is 13.2 Å². The van der Waals surface area contributed by atoms with Crippen LogP contribution in [0.5, 0.6) is 5.75 Å². The van der Waals surface area contributed by atoms with Crippen LogP contribution in [0.1, 0.15) is 0 Å². The predicted molar refractivity (Wildman–Crippen MR) is 67.6 cm³/mol. The Hall–Kier alpha value is -0.810. The molecule has 4 nitrogen and oxygen atoms in total. The summed E-state index contributed by atoms with van der Waals surface area (Å²) in [5.41, 5.74) is 0. The molecule has 1 rings (SSSR count). The second-order valence-corrected chi connectivity index (χ2v) is 4.03. The van der Waals surface area contributed by atoms with Gasteiger partial charge in [-0.1, -0.05) is 17.7 Å². The summed E-state index contributed by atoms with van der Waals surface area (Å²) in [6, 6.07) is 7.22. The standard InChI is InChI=1S/C12H18ClNO3/c13-11-2-1-3-12(10-11)17-9-6-14(4-7-15)5-8-16/h1-3,10,15-16H,4-9H2. The van der Waals surface area contributed by atoms with Crippen LogP contribution in [0, 0.1) is 0 Å². The quantitative estimate of drug-likeness (QED) is 0.732. The molecule has 0 radical (unpaired) electrons. The number of benzene rings is 1. The molecule has 2 N–H and O–H groups in total. The number of hydrogen-bond acceptors (Lipinski definition) is 4. The summed E-state index contributed by atoms with van der Waals surface area (Å²) in [6.45, 7) is 2.40. The lowest BCUT2D eigenvalue weighted by Crippen LogP contribution is -2.33. The van der Waals surface area contributed by atoms with Gasteiger partial charge < -0.3 is 14.9 Å².